The van der Waals surface area contributed by atoms with Gasteiger partial charge >= 0.3 is 0 Å². The van der Waals surface area contributed by atoms with Crippen LogP contribution in [0.2, 0.25) is 0 Å². The fraction of sp³-hybridized carbons (Fsp3) is 0.333. The van der Waals surface area contributed by atoms with Gasteiger partial charge < -0.3 is 9.88 Å². The molecule has 1 saturated heterocycles. The first kappa shape index (κ1) is 17.1. The first-order chi connectivity index (χ1) is 12.6. The largest absolute Gasteiger partial charge is 0.312 e. The van der Waals surface area contributed by atoms with Gasteiger partial charge in [-0.05, 0) is 43.7 Å². The molecule has 2 N–H and O–H groups in total. The number of nitrogens with one attached hydrogen (secondary N) is 2. The molecule has 136 valence electrons. The number of fused-ring (bicyclic) bond motifs is 1. The van der Waals surface area contributed by atoms with Crippen molar-refractivity contribution in [3.63, 3.8) is 0 Å². The van der Waals surface area contributed by atoms with Crippen LogP contribution >= 0.6 is 11.3 Å². The minimum Gasteiger partial charge on any atom is -0.312 e. The van der Waals surface area contributed by atoms with Gasteiger partial charge in [-0.15, -0.1) is 11.3 Å². The molecule has 26 heavy (non-hydrogen) atoms. The molecule has 0 spiro atoms. The standard InChI is InChI=1S/C18H18F2N4OS/c19-16(20)14-7-8-15(26-14)17(25)23-18-22-12-5-1-2-6-13(12)24(18)10-11-4-3-9-21-11/h1-2,5-8,11,16,21H,3-4,9-10H2,(H,22,23,25)/t11-/m0/s1. The van der Waals surface area contributed by atoms with Crippen LogP contribution in [-0.2, 0) is 6.54 Å². The minimum atomic E-state index is -2.57. The molecule has 1 amide bonds. The third-order valence-electron chi connectivity index (χ3n) is 4.51. The Morgan fingerprint density at radius 2 is 2.19 bits per heavy atom. The molecular weight excluding hydrogens is 358 g/mol. The average molecular weight is 376 g/mol. The molecule has 1 aromatic carbocycles. The summed E-state index contributed by atoms with van der Waals surface area (Å²) >= 11 is 0.803. The SMILES string of the molecule is O=C(Nc1nc2ccccc2n1C[C@@H]1CCCN1)c1ccc(C(F)F)s1. The lowest BCUT2D eigenvalue weighted by atomic mass is 10.2. The molecule has 3 heterocycles. The topological polar surface area (TPSA) is 59.0 Å². The number of thiophene rings is 1. The molecule has 0 saturated carbocycles. The molecular formula is C18H18F2N4OS. The molecule has 0 radical (unpaired) electrons. The minimum absolute atomic E-state index is 0.112. The third kappa shape index (κ3) is 3.34. The van der Waals surface area contributed by atoms with Crippen molar-refractivity contribution in [1.29, 1.82) is 0 Å². The Hall–Kier alpha value is -2.32. The fourth-order valence-corrected chi connectivity index (χ4v) is 4.00. The molecule has 0 unspecified atom stereocenters. The maximum Gasteiger partial charge on any atom is 0.272 e. The van der Waals surface area contributed by atoms with E-state index in [-0.39, 0.29) is 9.75 Å². The average Bonchev–Trinajstić information content (AvgIpc) is 3.36. The van der Waals surface area contributed by atoms with Gasteiger partial charge in [-0.2, -0.15) is 0 Å². The number of anilines is 1. The Bertz CT molecular complexity index is 930. The van der Waals surface area contributed by atoms with Gasteiger partial charge in [0.1, 0.15) is 0 Å². The smallest absolute Gasteiger partial charge is 0.272 e. The second kappa shape index (κ2) is 7.13. The molecule has 5 nitrogen and oxygen atoms in total. The van der Waals surface area contributed by atoms with E-state index in [9.17, 15) is 13.6 Å². The number of carbonyl (C=O) groups excluding carboxylic acids is 1. The second-order valence-electron chi connectivity index (χ2n) is 6.28. The number of rotatable bonds is 5. The molecule has 0 aliphatic carbocycles. The van der Waals surface area contributed by atoms with Crippen LogP contribution in [0.5, 0.6) is 0 Å². The molecule has 1 atom stereocenters. The quantitative estimate of drug-likeness (QED) is 0.707. The van der Waals surface area contributed by atoms with Crippen LogP contribution < -0.4 is 10.6 Å². The van der Waals surface area contributed by atoms with E-state index >= 15 is 0 Å². The van der Waals surface area contributed by atoms with Gasteiger partial charge in [0.15, 0.2) is 0 Å². The van der Waals surface area contributed by atoms with Crippen LogP contribution in [0.3, 0.4) is 0 Å². The summed E-state index contributed by atoms with van der Waals surface area (Å²) in [6.07, 6.45) is -0.368. The van der Waals surface area contributed by atoms with Crippen molar-refractivity contribution in [1.82, 2.24) is 14.9 Å². The Morgan fingerprint density at radius 3 is 2.92 bits per heavy atom. The van der Waals surface area contributed by atoms with E-state index in [1.165, 1.54) is 12.1 Å². The number of hydrogen-bond donors (Lipinski definition) is 2. The van der Waals surface area contributed by atoms with Crippen LogP contribution in [-0.4, -0.2) is 28.0 Å². The summed E-state index contributed by atoms with van der Waals surface area (Å²) < 4.78 is 27.5. The number of aromatic nitrogens is 2. The van der Waals surface area contributed by atoms with E-state index in [0.29, 0.717) is 18.5 Å². The number of para-hydroxylation sites is 2. The van der Waals surface area contributed by atoms with Crippen molar-refractivity contribution < 1.29 is 13.6 Å². The number of carbonyl (C=O) groups is 1. The first-order valence-electron chi connectivity index (χ1n) is 8.49. The highest BCUT2D eigenvalue weighted by molar-refractivity contribution is 7.14. The molecule has 1 fully saturated rings. The molecule has 0 bridgehead atoms. The third-order valence-corrected chi connectivity index (χ3v) is 5.60. The summed E-state index contributed by atoms with van der Waals surface area (Å²) in [4.78, 5) is 17.2. The Balaban J connectivity index is 1.63. The first-order valence-corrected chi connectivity index (χ1v) is 9.31. The number of alkyl halides is 2. The zero-order valence-corrected chi connectivity index (χ0v) is 14.7. The monoisotopic (exact) mass is 376 g/mol. The van der Waals surface area contributed by atoms with E-state index in [2.05, 4.69) is 15.6 Å². The van der Waals surface area contributed by atoms with Gasteiger partial charge in [-0.1, -0.05) is 12.1 Å². The molecule has 8 heteroatoms. The molecule has 3 aromatic rings. The van der Waals surface area contributed by atoms with Crippen LogP contribution in [0.15, 0.2) is 36.4 Å². The van der Waals surface area contributed by atoms with Crippen molar-refractivity contribution in [3.05, 3.63) is 46.2 Å². The molecule has 1 aliphatic heterocycles. The number of amides is 1. The summed E-state index contributed by atoms with van der Waals surface area (Å²) in [5, 5.41) is 6.24. The van der Waals surface area contributed by atoms with Crippen molar-refractivity contribution in [2.24, 2.45) is 0 Å². The van der Waals surface area contributed by atoms with Crippen LogP contribution in [0, 0.1) is 0 Å². The van der Waals surface area contributed by atoms with Crippen molar-refractivity contribution in [2.75, 3.05) is 11.9 Å². The number of halogens is 2. The van der Waals surface area contributed by atoms with Gasteiger partial charge in [0.05, 0.1) is 20.8 Å². The van der Waals surface area contributed by atoms with E-state index in [1.54, 1.807) is 0 Å². The summed E-state index contributed by atoms with van der Waals surface area (Å²) in [6, 6.07) is 10.7. The molecule has 1 aliphatic rings. The fourth-order valence-electron chi connectivity index (χ4n) is 3.24. The Kier molecular flexibility index (Phi) is 4.69. The summed E-state index contributed by atoms with van der Waals surface area (Å²) in [5.74, 6) is 0.0229. The van der Waals surface area contributed by atoms with Crippen molar-refractivity contribution in [3.8, 4) is 0 Å². The summed E-state index contributed by atoms with van der Waals surface area (Å²) in [7, 11) is 0. The number of imidazole rings is 1. The van der Waals surface area contributed by atoms with Gasteiger partial charge in [-0.3, -0.25) is 10.1 Å². The van der Waals surface area contributed by atoms with E-state index in [0.717, 1.165) is 41.8 Å². The van der Waals surface area contributed by atoms with Gasteiger partial charge in [0, 0.05) is 12.6 Å². The van der Waals surface area contributed by atoms with Crippen molar-refractivity contribution in [2.45, 2.75) is 31.9 Å². The summed E-state index contributed by atoms with van der Waals surface area (Å²) in [5.41, 5.74) is 1.73. The highest BCUT2D eigenvalue weighted by Crippen LogP contribution is 2.28. The lowest BCUT2D eigenvalue weighted by molar-refractivity contribution is 0.102. The van der Waals surface area contributed by atoms with Crippen LogP contribution in [0.1, 0.15) is 33.8 Å². The highest BCUT2D eigenvalue weighted by Gasteiger charge is 2.21. The lowest BCUT2D eigenvalue weighted by Gasteiger charge is -2.15. The van der Waals surface area contributed by atoms with Crippen LogP contribution in [0.4, 0.5) is 14.7 Å². The maximum atomic E-state index is 12.8. The van der Waals surface area contributed by atoms with Gasteiger partial charge in [-0.25, -0.2) is 13.8 Å². The van der Waals surface area contributed by atoms with E-state index < -0.39 is 12.3 Å². The number of nitrogens with zero attached hydrogens (tertiary/aromatic N) is 2. The van der Waals surface area contributed by atoms with Gasteiger partial charge in [0.25, 0.3) is 12.3 Å². The zero-order valence-electron chi connectivity index (χ0n) is 13.9. The predicted molar refractivity (Wildman–Crippen MR) is 98.0 cm³/mol. The van der Waals surface area contributed by atoms with E-state index in [1.807, 2.05) is 28.8 Å². The normalized spacial score (nSPS) is 17.3. The number of hydrogen-bond acceptors (Lipinski definition) is 4. The zero-order chi connectivity index (χ0) is 18.1. The van der Waals surface area contributed by atoms with Crippen molar-refractivity contribution >= 4 is 34.2 Å². The molecule has 4 rings (SSSR count). The highest BCUT2D eigenvalue weighted by atomic mass is 32.1. The van der Waals surface area contributed by atoms with Gasteiger partial charge in [0.2, 0.25) is 5.95 Å². The predicted octanol–water partition coefficient (Wildman–Crippen LogP) is 4.04. The lowest BCUT2D eigenvalue weighted by Crippen LogP contribution is -2.28. The summed E-state index contributed by atoms with van der Waals surface area (Å²) in [6.45, 7) is 1.69. The Labute approximate surface area is 153 Å². The van der Waals surface area contributed by atoms with Crippen LogP contribution in [0.25, 0.3) is 11.0 Å². The number of benzene rings is 1. The molecule has 2 aromatic heterocycles. The maximum absolute atomic E-state index is 12.8. The second-order valence-corrected chi connectivity index (χ2v) is 7.40. The Morgan fingerprint density at radius 1 is 1.35 bits per heavy atom. The van der Waals surface area contributed by atoms with E-state index in [4.69, 9.17) is 0 Å².